The number of hydrogen-bond acceptors (Lipinski definition) is 3. The Labute approximate surface area is 185 Å². The van der Waals surface area contributed by atoms with Gasteiger partial charge >= 0.3 is 0 Å². The van der Waals surface area contributed by atoms with Gasteiger partial charge in [0.25, 0.3) is 0 Å². The van der Waals surface area contributed by atoms with E-state index in [2.05, 4.69) is 20.6 Å². The number of nitrogens with zero attached hydrogens (tertiary/aromatic N) is 1. The highest BCUT2D eigenvalue weighted by Gasteiger charge is 2.11. The molecule has 0 spiro atoms. The Morgan fingerprint density at radius 2 is 1.66 bits per heavy atom. The maximum atomic E-state index is 13.6. The second-order valence-corrected chi connectivity index (χ2v) is 7.88. The van der Waals surface area contributed by atoms with E-state index in [-0.39, 0.29) is 5.02 Å². The van der Waals surface area contributed by atoms with Crippen molar-refractivity contribution in [3.63, 3.8) is 0 Å². The molecule has 0 aliphatic carbocycles. The zero-order valence-electron chi connectivity index (χ0n) is 14.7. The van der Waals surface area contributed by atoms with Gasteiger partial charge in [-0.1, -0.05) is 52.5 Å². The SMILES string of the molecule is Fc1cc(NCc2cc3[nH]c(Nc4c(Cl)cccc4Cl)nc3cc2Cl)ccc1Cl. The summed E-state index contributed by atoms with van der Waals surface area (Å²) < 4.78 is 13.6. The number of para-hydroxylation sites is 1. The number of H-pyrrole nitrogens is 1. The van der Waals surface area contributed by atoms with E-state index in [1.807, 2.05) is 6.07 Å². The van der Waals surface area contributed by atoms with Crippen LogP contribution in [0.1, 0.15) is 5.56 Å². The highest BCUT2D eigenvalue weighted by atomic mass is 35.5. The predicted molar refractivity (Wildman–Crippen MR) is 120 cm³/mol. The molecular weight excluding hydrogens is 457 g/mol. The van der Waals surface area contributed by atoms with Crippen LogP contribution in [0.4, 0.5) is 21.7 Å². The molecule has 148 valence electrons. The van der Waals surface area contributed by atoms with Crippen LogP contribution in [0, 0.1) is 5.82 Å². The lowest BCUT2D eigenvalue weighted by atomic mass is 10.2. The molecule has 0 unspecified atom stereocenters. The molecule has 0 aliphatic rings. The van der Waals surface area contributed by atoms with Gasteiger partial charge in [0.1, 0.15) is 5.82 Å². The number of aromatic nitrogens is 2. The number of fused-ring (bicyclic) bond motifs is 1. The Morgan fingerprint density at radius 1 is 0.897 bits per heavy atom. The minimum absolute atomic E-state index is 0.0751. The fourth-order valence-electron chi connectivity index (χ4n) is 2.81. The number of benzene rings is 3. The molecule has 0 aliphatic heterocycles. The average molecular weight is 470 g/mol. The van der Waals surface area contributed by atoms with E-state index >= 15 is 0 Å². The normalized spacial score (nSPS) is 11.1. The summed E-state index contributed by atoms with van der Waals surface area (Å²) in [4.78, 5) is 7.66. The van der Waals surface area contributed by atoms with E-state index in [0.717, 1.165) is 11.1 Å². The third kappa shape index (κ3) is 4.38. The minimum atomic E-state index is -0.485. The van der Waals surface area contributed by atoms with Gasteiger partial charge in [0, 0.05) is 17.3 Å². The lowest BCUT2D eigenvalue weighted by molar-refractivity contribution is 0.628. The van der Waals surface area contributed by atoms with Crippen molar-refractivity contribution >= 4 is 74.8 Å². The summed E-state index contributed by atoms with van der Waals surface area (Å²) in [5.41, 5.74) is 3.44. The van der Waals surface area contributed by atoms with Crippen LogP contribution in [0.5, 0.6) is 0 Å². The van der Waals surface area contributed by atoms with Crippen molar-refractivity contribution in [2.75, 3.05) is 10.6 Å². The molecule has 4 rings (SSSR count). The van der Waals surface area contributed by atoms with Crippen LogP contribution >= 0.6 is 46.4 Å². The highest BCUT2D eigenvalue weighted by Crippen LogP contribution is 2.33. The first-order valence-electron chi connectivity index (χ1n) is 8.49. The standard InChI is InChI=1S/C20H13Cl4FN4/c21-12-5-4-11(7-16(12)25)26-9-10-6-17-18(8-15(10)24)28-20(27-17)29-19-13(22)2-1-3-14(19)23/h1-8,26H,9H2,(H2,27,28,29). The van der Waals surface area contributed by atoms with Crippen LogP contribution in [0.15, 0.2) is 48.5 Å². The number of anilines is 3. The van der Waals surface area contributed by atoms with Gasteiger partial charge in [0.2, 0.25) is 5.95 Å². The quantitative estimate of drug-likeness (QED) is 0.281. The van der Waals surface area contributed by atoms with Crippen LogP contribution in [0.3, 0.4) is 0 Å². The Bertz CT molecular complexity index is 1190. The molecule has 4 nitrogen and oxygen atoms in total. The summed E-state index contributed by atoms with van der Waals surface area (Å²) in [6, 6.07) is 13.4. The maximum absolute atomic E-state index is 13.6. The first-order valence-corrected chi connectivity index (χ1v) is 10.00. The zero-order valence-corrected chi connectivity index (χ0v) is 17.7. The molecule has 9 heteroatoms. The fourth-order valence-corrected chi connectivity index (χ4v) is 3.64. The Hall–Kier alpha value is -2.18. The molecule has 0 saturated heterocycles. The van der Waals surface area contributed by atoms with Gasteiger partial charge in [-0.25, -0.2) is 9.37 Å². The van der Waals surface area contributed by atoms with Crippen LogP contribution in [-0.4, -0.2) is 9.97 Å². The van der Waals surface area contributed by atoms with Crippen molar-refractivity contribution in [3.8, 4) is 0 Å². The van der Waals surface area contributed by atoms with Crippen molar-refractivity contribution in [2.24, 2.45) is 0 Å². The summed E-state index contributed by atoms with van der Waals surface area (Å²) in [6.45, 7) is 0.397. The molecule has 3 aromatic carbocycles. The van der Waals surface area contributed by atoms with Crippen molar-refractivity contribution in [3.05, 3.63) is 80.0 Å². The molecule has 1 aromatic heterocycles. The monoisotopic (exact) mass is 468 g/mol. The number of halogens is 5. The van der Waals surface area contributed by atoms with Crippen molar-refractivity contribution in [2.45, 2.75) is 6.54 Å². The Kier molecular flexibility index (Phi) is 5.74. The van der Waals surface area contributed by atoms with Crippen molar-refractivity contribution in [1.82, 2.24) is 9.97 Å². The van der Waals surface area contributed by atoms with E-state index in [1.54, 1.807) is 30.3 Å². The molecule has 0 bridgehead atoms. The van der Waals surface area contributed by atoms with Crippen LogP contribution < -0.4 is 10.6 Å². The van der Waals surface area contributed by atoms with Crippen molar-refractivity contribution in [1.29, 1.82) is 0 Å². The summed E-state index contributed by atoms with van der Waals surface area (Å²) in [7, 11) is 0. The molecular formula is C20H13Cl4FN4. The molecule has 0 radical (unpaired) electrons. The smallest absolute Gasteiger partial charge is 0.205 e. The summed E-state index contributed by atoms with van der Waals surface area (Å²) in [6.07, 6.45) is 0. The number of imidazole rings is 1. The minimum Gasteiger partial charge on any atom is -0.381 e. The van der Waals surface area contributed by atoms with Crippen LogP contribution in [-0.2, 0) is 6.54 Å². The molecule has 0 fully saturated rings. The van der Waals surface area contributed by atoms with Gasteiger partial charge in [0.15, 0.2) is 0 Å². The van der Waals surface area contributed by atoms with E-state index in [0.29, 0.717) is 44.5 Å². The third-order valence-corrected chi connectivity index (χ3v) is 5.55. The predicted octanol–water partition coefficient (Wildman–Crippen LogP) is 7.67. The molecule has 1 heterocycles. The van der Waals surface area contributed by atoms with Gasteiger partial charge in [-0.3, -0.25) is 0 Å². The van der Waals surface area contributed by atoms with Gasteiger partial charge < -0.3 is 15.6 Å². The molecule has 0 atom stereocenters. The summed E-state index contributed by atoms with van der Waals surface area (Å²) >= 11 is 24.5. The number of rotatable bonds is 5. The molecule has 0 saturated carbocycles. The van der Waals surface area contributed by atoms with Crippen LogP contribution in [0.2, 0.25) is 20.1 Å². The molecule has 29 heavy (non-hydrogen) atoms. The third-order valence-electron chi connectivity index (χ3n) is 4.26. The lowest BCUT2D eigenvalue weighted by Crippen LogP contribution is -2.00. The van der Waals surface area contributed by atoms with Crippen LogP contribution in [0.25, 0.3) is 11.0 Å². The topological polar surface area (TPSA) is 52.7 Å². The average Bonchev–Trinajstić information content (AvgIpc) is 3.07. The maximum Gasteiger partial charge on any atom is 0.205 e. The fraction of sp³-hybridized carbons (Fsp3) is 0.0500. The summed E-state index contributed by atoms with van der Waals surface area (Å²) in [5, 5.41) is 7.80. The first-order chi connectivity index (χ1) is 13.9. The zero-order chi connectivity index (χ0) is 20.5. The highest BCUT2D eigenvalue weighted by molar-refractivity contribution is 6.39. The Balaban J connectivity index is 1.57. The second-order valence-electron chi connectivity index (χ2n) is 6.25. The van der Waals surface area contributed by atoms with E-state index in [4.69, 9.17) is 46.4 Å². The molecule has 4 aromatic rings. The van der Waals surface area contributed by atoms with Gasteiger partial charge in [-0.05, 0) is 48.0 Å². The lowest BCUT2D eigenvalue weighted by Gasteiger charge is -2.09. The van der Waals surface area contributed by atoms with Crippen molar-refractivity contribution < 1.29 is 4.39 Å². The van der Waals surface area contributed by atoms with E-state index in [9.17, 15) is 4.39 Å². The van der Waals surface area contributed by atoms with E-state index in [1.165, 1.54) is 12.1 Å². The second kappa shape index (κ2) is 8.28. The number of aromatic amines is 1. The largest absolute Gasteiger partial charge is 0.381 e. The number of nitrogens with one attached hydrogen (secondary N) is 3. The molecule has 0 amide bonds. The molecule has 3 N–H and O–H groups in total. The van der Waals surface area contributed by atoms with E-state index < -0.39 is 5.82 Å². The summed E-state index contributed by atoms with van der Waals surface area (Å²) in [5.74, 6) is -0.00307. The van der Waals surface area contributed by atoms with Gasteiger partial charge in [-0.15, -0.1) is 0 Å². The van der Waals surface area contributed by atoms with Gasteiger partial charge in [0.05, 0.1) is 31.8 Å². The van der Waals surface area contributed by atoms with Gasteiger partial charge in [-0.2, -0.15) is 0 Å². The first kappa shape index (κ1) is 20.1. The number of hydrogen-bond donors (Lipinski definition) is 3. The Morgan fingerprint density at radius 3 is 2.38 bits per heavy atom.